The monoisotopic (exact) mass is 292 g/mol. The number of ether oxygens (including phenoxy) is 1. The summed E-state index contributed by atoms with van der Waals surface area (Å²) in [5.74, 6) is 0.620. The van der Waals surface area contributed by atoms with E-state index in [4.69, 9.17) is 9.72 Å². The summed E-state index contributed by atoms with van der Waals surface area (Å²) in [6, 6.07) is 18.2. The molecule has 0 unspecified atom stereocenters. The summed E-state index contributed by atoms with van der Waals surface area (Å²) >= 11 is 0. The maximum Gasteiger partial charge on any atom is 0.237 e. The first-order valence-corrected chi connectivity index (χ1v) is 7.50. The zero-order chi connectivity index (χ0) is 15.6. The molecular weight excluding hydrogens is 272 g/mol. The molecule has 0 aliphatic carbocycles. The van der Waals surface area contributed by atoms with Crippen LogP contribution in [0.2, 0.25) is 0 Å². The number of aromatic nitrogens is 2. The van der Waals surface area contributed by atoms with Gasteiger partial charge in [-0.15, -0.1) is 0 Å². The molecule has 0 fully saturated rings. The van der Waals surface area contributed by atoms with Gasteiger partial charge in [0.15, 0.2) is 0 Å². The molecule has 3 rings (SSSR count). The SMILES string of the molecule is CC(C)(C)Oc1nc2ccccc2nc1Cc1ccccc1. The first-order valence-electron chi connectivity index (χ1n) is 7.50. The molecule has 3 nitrogen and oxygen atoms in total. The second-order valence-electron chi connectivity index (χ2n) is 6.34. The third-order valence-corrected chi connectivity index (χ3v) is 3.22. The molecule has 0 bridgehead atoms. The van der Waals surface area contributed by atoms with Crippen LogP contribution in [-0.2, 0) is 6.42 Å². The Bertz CT molecular complexity index is 776. The Balaban J connectivity index is 2.06. The molecule has 0 N–H and O–H groups in total. The van der Waals surface area contributed by atoms with Crippen molar-refractivity contribution in [2.24, 2.45) is 0 Å². The smallest absolute Gasteiger partial charge is 0.237 e. The highest BCUT2D eigenvalue weighted by Gasteiger charge is 2.18. The van der Waals surface area contributed by atoms with E-state index in [0.717, 1.165) is 16.7 Å². The van der Waals surface area contributed by atoms with E-state index in [1.165, 1.54) is 5.56 Å². The van der Waals surface area contributed by atoms with Crippen LogP contribution in [-0.4, -0.2) is 15.6 Å². The van der Waals surface area contributed by atoms with Crippen molar-refractivity contribution in [3.05, 3.63) is 65.9 Å². The topological polar surface area (TPSA) is 35.0 Å². The highest BCUT2D eigenvalue weighted by molar-refractivity contribution is 5.74. The lowest BCUT2D eigenvalue weighted by atomic mass is 10.1. The van der Waals surface area contributed by atoms with Crippen LogP contribution in [0.5, 0.6) is 5.88 Å². The number of nitrogens with zero attached hydrogens (tertiary/aromatic N) is 2. The van der Waals surface area contributed by atoms with Crippen LogP contribution in [0.25, 0.3) is 11.0 Å². The second kappa shape index (κ2) is 5.76. The largest absolute Gasteiger partial charge is 0.471 e. The van der Waals surface area contributed by atoms with Crippen molar-refractivity contribution in [3.63, 3.8) is 0 Å². The Hall–Kier alpha value is -2.42. The number of para-hydroxylation sites is 2. The fourth-order valence-corrected chi connectivity index (χ4v) is 2.30. The zero-order valence-corrected chi connectivity index (χ0v) is 13.2. The van der Waals surface area contributed by atoms with E-state index >= 15 is 0 Å². The summed E-state index contributed by atoms with van der Waals surface area (Å²) < 4.78 is 6.04. The van der Waals surface area contributed by atoms with Gasteiger partial charge in [-0.2, -0.15) is 0 Å². The summed E-state index contributed by atoms with van der Waals surface area (Å²) in [4.78, 5) is 9.44. The molecule has 1 aromatic heterocycles. The number of benzene rings is 2. The van der Waals surface area contributed by atoms with Gasteiger partial charge in [0.2, 0.25) is 5.88 Å². The molecule has 0 radical (unpaired) electrons. The maximum absolute atomic E-state index is 6.04. The Morgan fingerprint density at radius 2 is 1.41 bits per heavy atom. The van der Waals surface area contributed by atoms with E-state index in [1.807, 2.05) is 63.2 Å². The Morgan fingerprint density at radius 1 is 0.818 bits per heavy atom. The summed E-state index contributed by atoms with van der Waals surface area (Å²) in [5.41, 5.74) is 3.53. The molecule has 0 atom stereocenters. The molecule has 112 valence electrons. The van der Waals surface area contributed by atoms with Crippen LogP contribution in [0.3, 0.4) is 0 Å². The van der Waals surface area contributed by atoms with Crippen LogP contribution in [0, 0.1) is 0 Å². The van der Waals surface area contributed by atoms with E-state index in [0.29, 0.717) is 12.3 Å². The standard InChI is InChI=1S/C19H20N2O/c1-19(2,3)22-18-17(13-14-9-5-4-6-10-14)20-15-11-7-8-12-16(15)21-18/h4-12H,13H2,1-3H3. The first kappa shape index (κ1) is 14.5. The van der Waals surface area contributed by atoms with E-state index in [1.54, 1.807) is 0 Å². The van der Waals surface area contributed by atoms with Crippen LogP contribution in [0.15, 0.2) is 54.6 Å². The normalized spacial score (nSPS) is 11.6. The zero-order valence-electron chi connectivity index (χ0n) is 13.2. The van der Waals surface area contributed by atoms with Crippen LogP contribution in [0.4, 0.5) is 0 Å². The quantitative estimate of drug-likeness (QED) is 0.717. The first-order chi connectivity index (χ1) is 10.5. The van der Waals surface area contributed by atoms with Gasteiger partial charge in [-0.25, -0.2) is 9.97 Å². The molecule has 1 heterocycles. The highest BCUT2D eigenvalue weighted by Crippen LogP contribution is 2.24. The number of hydrogen-bond acceptors (Lipinski definition) is 3. The lowest BCUT2D eigenvalue weighted by molar-refractivity contribution is 0.122. The fraction of sp³-hybridized carbons (Fsp3) is 0.263. The van der Waals surface area contributed by atoms with E-state index in [2.05, 4.69) is 17.1 Å². The van der Waals surface area contributed by atoms with Crippen LogP contribution < -0.4 is 4.74 Å². The average molecular weight is 292 g/mol. The minimum atomic E-state index is -0.303. The lowest BCUT2D eigenvalue weighted by Crippen LogP contribution is -2.24. The number of fused-ring (bicyclic) bond motifs is 1. The van der Waals surface area contributed by atoms with Gasteiger partial charge in [0.1, 0.15) is 11.3 Å². The third kappa shape index (κ3) is 3.42. The van der Waals surface area contributed by atoms with Crippen molar-refractivity contribution in [2.45, 2.75) is 32.8 Å². The summed E-state index contributed by atoms with van der Waals surface area (Å²) in [7, 11) is 0. The van der Waals surface area contributed by atoms with Gasteiger partial charge < -0.3 is 4.74 Å². The second-order valence-corrected chi connectivity index (χ2v) is 6.34. The Labute approximate surface area is 131 Å². The highest BCUT2D eigenvalue weighted by atomic mass is 16.5. The molecule has 0 aliphatic rings. The van der Waals surface area contributed by atoms with Gasteiger partial charge in [-0.05, 0) is 38.5 Å². The van der Waals surface area contributed by atoms with E-state index < -0.39 is 0 Å². The Morgan fingerprint density at radius 3 is 2.05 bits per heavy atom. The van der Waals surface area contributed by atoms with Crippen molar-refractivity contribution in [1.82, 2.24) is 9.97 Å². The molecule has 2 aromatic carbocycles. The third-order valence-electron chi connectivity index (χ3n) is 3.22. The summed E-state index contributed by atoms with van der Waals surface area (Å²) in [6.07, 6.45) is 0.712. The van der Waals surface area contributed by atoms with Crippen molar-refractivity contribution >= 4 is 11.0 Å². The predicted octanol–water partition coefficient (Wildman–Crippen LogP) is 4.40. The fourth-order valence-electron chi connectivity index (χ4n) is 2.30. The van der Waals surface area contributed by atoms with Gasteiger partial charge in [0.25, 0.3) is 0 Å². The van der Waals surface area contributed by atoms with Crippen molar-refractivity contribution in [2.75, 3.05) is 0 Å². The van der Waals surface area contributed by atoms with Gasteiger partial charge >= 0.3 is 0 Å². The van der Waals surface area contributed by atoms with Gasteiger partial charge in [-0.1, -0.05) is 42.5 Å². The van der Waals surface area contributed by atoms with Crippen LogP contribution in [0.1, 0.15) is 32.0 Å². The molecule has 0 saturated heterocycles. The molecule has 22 heavy (non-hydrogen) atoms. The van der Waals surface area contributed by atoms with Crippen molar-refractivity contribution in [3.8, 4) is 5.88 Å². The summed E-state index contributed by atoms with van der Waals surface area (Å²) in [6.45, 7) is 6.07. The molecule has 0 spiro atoms. The van der Waals surface area contributed by atoms with Gasteiger partial charge in [-0.3, -0.25) is 0 Å². The minimum absolute atomic E-state index is 0.303. The number of hydrogen-bond donors (Lipinski definition) is 0. The molecule has 0 amide bonds. The predicted molar refractivity (Wildman–Crippen MR) is 89.2 cm³/mol. The Kier molecular flexibility index (Phi) is 3.80. The van der Waals surface area contributed by atoms with E-state index in [-0.39, 0.29) is 5.60 Å². The average Bonchev–Trinajstić information content (AvgIpc) is 2.47. The van der Waals surface area contributed by atoms with Crippen molar-refractivity contribution < 1.29 is 4.74 Å². The molecule has 0 saturated carbocycles. The molecular formula is C19H20N2O. The molecule has 0 aliphatic heterocycles. The lowest BCUT2D eigenvalue weighted by Gasteiger charge is -2.22. The van der Waals surface area contributed by atoms with Crippen molar-refractivity contribution in [1.29, 1.82) is 0 Å². The van der Waals surface area contributed by atoms with E-state index in [9.17, 15) is 0 Å². The van der Waals surface area contributed by atoms with Gasteiger partial charge in [0.05, 0.1) is 11.0 Å². The van der Waals surface area contributed by atoms with Crippen LogP contribution >= 0.6 is 0 Å². The summed E-state index contributed by atoms with van der Waals surface area (Å²) in [5, 5.41) is 0. The maximum atomic E-state index is 6.04. The molecule has 3 heteroatoms. The molecule has 3 aromatic rings. The van der Waals surface area contributed by atoms with Gasteiger partial charge in [0, 0.05) is 6.42 Å². The minimum Gasteiger partial charge on any atom is -0.471 e. The number of rotatable bonds is 3.